The predicted molar refractivity (Wildman–Crippen MR) is 40.8 cm³/mol. The van der Waals surface area contributed by atoms with Crippen LogP contribution in [-0.4, -0.2) is 16.0 Å². The summed E-state index contributed by atoms with van der Waals surface area (Å²) in [7, 11) is 1.63. The van der Waals surface area contributed by atoms with Crippen molar-refractivity contribution in [2.24, 2.45) is 12.8 Å². The Kier molecular flexibility index (Phi) is 2.60. The first kappa shape index (κ1) is 10.0. The van der Waals surface area contributed by atoms with Gasteiger partial charge in [-0.3, -0.25) is 4.68 Å². The lowest BCUT2D eigenvalue weighted by Crippen LogP contribution is -2.19. The molecule has 6 heteroatoms. The third-order valence-electron chi connectivity index (χ3n) is 1.60. The molecule has 0 amide bonds. The Morgan fingerprint density at radius 1 is 1.62 bits per heavy atom. The van der Waals surface area contributed by atoms with Gasteiger partial charge in [-0.25, -0.2) is 0 Å². The quantitative estimate of drug-likeness (QED) is 0.770. The van der Waals surface area contributed by atoms with E-state index in [1.54, 1.807) is 7.05 Å². The summed E-state index contributed by atoms with van der Waals surface area (Å²) in [5.41, 5.74) is 5.72. The highest BCUT2D eigenvalue weighted by atomic mass is 19.4. The monoisotopic (exact) mass is 193 g/mol. The molecule has 0 radical (unpaired) electrons. The molecule has 3 nitrogen and oxygen atoms in total. The second-order valence-electron chi connectivity index (χ2n) is 2.87. The van der Waals surface area contributed by atoms with Gasteiger partial charge < -0.3 is 5.73 Å². The Balaban J connectivity index is 2.64. The van der Waals surface area contributed by atoms with Crippen LogP contribution in [0, 0.1) is 0 Å². The molecule has 1 atom stereocenters. The summed E-state index contributed by atoms with van der Waals surface area (Å²) in [6.07, 6.45) is -2.42. The van der Waals surface area contributed by atoms with Crippen molar-refractivity contribution in [3.63, 3.8) is 0 Å². The fourth-order valence-electron chi connectivity index (χ4n) is 0.999. The summed E-state index contributed by atoms with van der Waals surface area (Å²) in [5.74, 6) is 0. The molecule has 13 heavy (non-hydrogen) atoms. The molecule has 0 aromatic carbocycles. The molecule has 1 aromatic heterocycles. The smallest absolute Gasteiger partial charge is 0.324 e. The van der Waals surface area contributed by atoms with E-state index in [1.807, 2.05) is 0 Å². The van der Waals surface area contributed by atoms with Crippen molar-refractivity contribution in [3.8, 4) is 0 Å². The number of rotatable bonds is 2. The van der Waals surface area contributed by atoms with Crippen molar-refractivity contribution in [1.29, 1.82) is 0 Å². The molecular weight excluding hydrogens is 183 g/mol. The third-order valence-corrected chi connectivity index (χ3v) is 1.60. The van der Waals surface area contributed by atoms with Gasteiger partial charge in [0.25, 0.3) is 0 Å². The molecule has 0 unspecified atom stereocenters. The summed E-state index contributed by atoms with van der Waals surface area (Å²) >= 11 is 0. The van der Waals surface area contributed by atoms with Gasteiger partial charge in [-0.1, -0.05) is 0 Å². The van der Waals surface area contributed by atoms with Crippen LogP contribution >= 0.6 is 0 Å². The maximum absolute atomic E-state index is 11.9. The first-order chi connectivity index (χ1) is 5.88. The minimum Gasteiger partial charge on any atom is -0.324 e. The molecule has 0 fully saturated rings. The van der Waals surface area contributed by atoms with E-state index in [1.165, 1.54) is 17.1 Å². The van der Waals surface area contributed by atoms with Gasteiger partial charge in [-0.05, 0) is 0 Å². The Labute approximate surface area is 73.3 Å². The normalized spacial score (nSPS) is 14.5. The van der Waals surface area contributed by atoms with Crippen LogP contribution in [0.3, 0.4) is 0 Å². The van der Waals surface area contributed by atoms with Crippen LogP contribution < -0.4 is 5.73 Å². The minimum atomic E-state index is -4.23. The molecule has 1 rings (SSSR count). The molecule has 74 valence electrons. The van der Waals surface area contributed by atoms with Crippen molar-refractivity contribution in [3.05, 3.63) is 18.0 Å². The van der Waals surface area contributed by atoms with E-state index >= 15 is 0 Å². The lowest BCUT2D eigenvalue weighted by atomic mass is 10.1. The second-order valence-corrected chi connectivity index (χ2v) is 2.87. The number of nitrogens with two attached hydrogens (primary N) is 1. The number of hydrogen-bond acceptors (Lipinski definition) is 2. The van der Waals surface area contributed by atoms with E-state index in [0.29, 0.717) is 5.56 Å². The molecule has 0 aliphatic heterocycles. The number of nitrogens with zero attached hydrogens (tertiary/aromatic N) is 2. The molecule has 0 aliphatic carbocycles. The van der Waals surface area contributed by atoms with Gasteiger partial charge in [0.15, 0.2) is 0 Å². The fourth-order valence-corrected chi connectivity index (χ4v) is 0.999. The van der Waals surface area contributed by atoms with Gasteiger partial charge in [0.1, 0.15) is 0 Å². The highest BCUT2D eigenvalue weighted by Gasteiger charge is 2.31. The third kappa shape index (κ3) is 3.06. The largest absolute Gasteiger partial charge is 0.390 e. The Morgan fingerprint density at radius 2 is 2.23 bits per heavy atom. The van der Waals surface area contributed by atoms with Gasteiger partial charge >= 0.3 is 6.18 Å². The van der Waals surface area contributed by atoms with Crippen LogP contribution in [0.25, 0.3) is 0 Å². The van der Waals surface area contributed by atoms with Gasteiger partial charge in [-0.15, -0.1) is 0 Å². The van der Waals surface area contributed by atoms with Gasteiger partial charge in [0.05, 0.1) is 12.6 Å². The average molecular weight is 193 g/mol. The number of halogens is 3. The van der Waals surface area contributed by atoms with Crippen LogP contribution in [0.5, 0.6) is 0 Å². The summed E-state index contributed by atoms with van der Waals surface area (Å²) in [4.78, 5) is 0. The Bertz CT molecular complexity index is 279. The maximum atomic E-state index is 11.9. The van der Waals surface area contributed by atoms with E-state index in [9.17, 15) is 13.2 Å². The van der Waals surface area contributed by atoms with E-state index in [0.717, 1.165) is 0 Å². The topological polar surface area (TPSA) is 43.8 Å². The lowest BCUT2D eigenvalue weighted by Gasteiger charge is -2.11. The maximum Gasteiger partial charge on any atom is 0.390 e. The van der Waals surface area contributed by atoms with Crippen molar-refractivity contribution in [2.45, 2.75) is 18.6 Å². The summed E-state index contributed by atoms with van der Waals surface area (Å²) in [6, 6.07) is -1.02. The number of alkyl halides is 3. The predicted octanol–water partition coefficient (Wildman–Crippen LogP) is 1.37. The Morgan fingerprint density at radius 3 is 2.62 bits per heavy atom. The zero-order valence-electron chi connectivity index (χ0n) is 7.04. The molecule has 0 saturated heterocycles. The van der Waals surface area contributed by atoms with Gasteiger partial charge in [0.2, 0.25) is 0 Å². The molecule has 0 bridgehead atoms. The van der Waals surface area contributed by atoms with E-state index in [2.05, 4.69) is 5.10 Å². The minimum absolute atomic E-state index is 0.403. The molecule has 0 spiro atoms. The summed E-state index contributed by atoms with van der Waals surface area (Å²) < 4.78 is 37.1. The molecule has 0 saturated carbocycles. The summed E-state index contributed by atoms with van der Waals surface area (Å²) in [6.45, 7) is 0. The van der Waals surface area contributed by atoms with Gasteiger partial charge in [0, 0.05) is 24.8 Å². The van der Waals surface area contributed by atoms with Crippen LogP contribution in [-0.2, 0) is 7.05 Å². The van der Waals surface area contributed by atoms with Crippen LogP contribution in [0.4, 0.5) is 13.2 Å². The van der Waals surface area contributed by atoms with Crippen molar-refractivity contribution in [2.75, 3.05) is 0 Å². The zero-order chi connectivity index (χ0) is 10.1. The molecule has 1 aromatic rings. The number of aromatic nitrogens is 2. The fraction of sp³-hybridized carbons (Fsp3) is 0.571. The average Bonchev–Trinajstić information content (AvgIpc) is 2.31. The SMILES string of the molecule is Cn1cc([C@@H](N)CC(F)(F)F)cn1. The van der Waals surface area contributed by atoms with Crippen molar-refractivity contribution in [1.82, 2.24) is 9.78 Å². The van der Waals surface area contributed by atoms with Crippen molar-refractivity contribution < 1.29 is 13.2 Å². The first-order valence-corrected chi connectivity index (χ1v) is 3.69. The summed E-state index contributed by atoms with van der Waals surface area (Å²) in [5, 5.41) is 3.74. The lowest BCUT2D eigenvalue weighted by molar-refractivity contribution is -0.138. The van der Waals surface area contributed by atoms with Crippen LogP contribution in [0.1, 0.15) is 18.0 Å². The molecule has 1 heterocycles. The van der Waals surface area contributed by atoms with Gasteiger partial charge in [-0.2, -0.15) is 18.3 Å². The van der Waals surface area contributed by atoms with Crippen LogP contribution in [0.2, 0.25) is 0 Å². The van der Waals surface area contributed by atoms with Crippen LogP contribution in [0.15, 0.2) is 12.4 Å². The molecule has 0 aliphatic rings. The zero-order valence-corrected chi connectivity index (χ0v) is 7.04. The molecular formula is C7H10F3N3. The standard InChI is InChI=1S/C7H10F3N3/c1-13-4-5(3-12-13)6(11)2-7(8,9)10/h3-4,6H,2,11H2,1H3/t6-/m0/s1. The van der Waals surface area contributed by atoms with E-state index in [-0.39, 0.29) is 0 Å². The highest BCUT2D eigenvalue weighted by molar-refractivity contribution is 5.09. The molecule has 2 N–H and O–H groups in total. The highest BCUT2D eigenvalue weighted by Crippen LogP contribution is 2.27. The first-order valence-electron chi connectivity index (χ1n) is 3.69. The number of aryl methyl sites for hydroxylation is 1. The van der Waals surface area contributed by atoms with Crippen molar-refractivity contribution >= 4 is 0 Å². The number of hydrogen-bond donors (Lipinski definition) is 1. The van der Waals surface area contributed by atoms with E-state index in [4.69, 9.17) is 5.73 Å². The second kappa shape index (κ2) is 3.37. The van der Waals surface area contributed by atoms with E-state index < -0.39 is 18.6 Å². The Hall–Kier alpha value is -1.04.